The van der Waals surface area contributed by atoms with Crippen molar-refractivity contribution in [2.75, 3.05) is 11.4 Å². The van der Waals surface area contributed by atoms with Gasteiger partial charge in [-0.1, -0.05) is 30.3 Å². The van der Waals surface area contributed by atoms with Crippen LogP contribution in [-0.4, -0.2) is 29.3 Å². The van der Waals surface area contributed by atoms with Crippen LogP contribution >= 0.6 is 0 Å². The van der Waals surface area contributed by atoms with Crippen molar-refractivity contribution in [1.82, 2.24) is 4.90 Å². The highest BCUT2D eigenvalue weighted by Crippen LogP contribution is 2.30. The Hall–Kier alpha value is -2.46. The first-order valence-corrected chi connectivity index (χ1v) is 8.79. The van der Waals surface area contributed by atoms with Crippen LogP contribution in [-0.2, 0) is 22.6 Å². The molecule has 0 saturated carbocycles. The minimum absolute atomic E-state index is 0.0902. The molecule has 2 amide bonds. The second-order valence-corrected chi connectivity index (χ2v) is 7.05. The summed E-state index contributed by atoms with van der Waals surface area (Å²) in [6.07, 6.45) is 1.20. The lowest BCUT2D eigenvalue weighted by Gasteiger charge is -2.32. The van der Waals surface area contributed by atoms with Crippen molar-refractivity contribution in [3.8, 4) is 0 Å². The Balaban J connectivity index is 1.58. The van der Waals surface area contributed by atoms with Crippen molar-refractivity contribution < 1.29 is 9.59 Å². The van der Waals surface area contributed by atoms with Crippen molar-refractivity contribution in [3.05, 3.63) is 64.7 Å². The molecule has 2 aromatic carbocycles. The summed E-state index contributed by atoms with van der Waals surface area (Å²) in [6, 6.07) is 13.8. The highest BCUT2D eigenvalue weighted by molar-refractivity contribution is 6.22. The minimum atomic E-state index is -0.345. The van der Waals surface area contributed by atoms with Gasteiger partial charge in [0.2, 0.25) is 5.91 Å². The largest absolute Gasteiger partial charge is 0.287 e. The molecule has 2 aliphatic rings. The fraction of sp³-hybridized carbons (Fsp3) is 0.333. The van der Waals surface area contributed by atoms with Crippen molar-refractivity contribution in [1.29, 1.82) is 0 Å². The zero-order chi connectivity index (χ0) is 17.6. The third-order valence-corrected chi connectivity index (χ3v) is 5.47. The summed E-state index contributed by atoms with van der Waals surface area (Å²) in [6.45, 7) is 5.59. The number of amides is 2. The number of rotatable bonds is 2. The Kier molecular flexibility index (Phi) is 3.92. The summed E-state index contributed by atoms with van der Waals surface area (Å²) in [5, 5.41) is 0. The first kappa shape index (κ1) is 16.0. The van der Waals surface area contributed by atoms with Gasteiger partial charge in [-0.05, 0) is 54.7 Å². The molecule has 2 aromatic rings. The third kappa shape index (κ3) is 2.76. The second kappa shape index (κ2) is 6.12. The lowest BCUT2D eigenvalue weighted by Crippen LogP contribution is -2.44. The molecule has 4 nitrogen and oxygen atoms in total. The lowest BCUT2D eigenvalue weighted by molar-refractivity contribution is -0.123. The monoisotopic (exact) mass is 334 g/mol. The van der Waals surface area contributed by atoms with E-state index in [1.165, 1.54) is 16.0 Å². The van der Waals surface area contributed by atoms with Crippen LogP contribution in [0.2, 0.25) is 0 Å². The number of hydrogen-bond donors (Lipinski definition) is 0. The summed E-state index contributed by atoms with van der Waals surface area (Å²) in [4.78, 5) is 29.1. The highest BCUT2D eigenvalue weighted by atomic mass is 16.2. The van der Waals surface area contributed by atoms with Crippen LogP contribution in [0.1, 0.15) is 28.7 Å². The van der Waals surface area contributed by atoms with Crippen LogP contribution in [0.15, 0.2) is 42.5 Å². The van der Waals surface area contributed by atoms with E-state index in [1.54, 1.807) is 0 Å². The van der Waals surface area contributed by atoms with E-state index in [2.05, 4.69) is 23.1 Å². The van der Waals surface area contributed by atoms with Crippen LogP contribution in [0.25, 0.3) is 0 Å². The van der Waals surface area contributed by atoms with Gasteiger partial charge in [0.05, 0.1) is 18.2 Å². The molecule has 4 heteroatoms. The maximum atomic E-state index is 13.0. The number of imide groups is 1. The summed E-state index contributed by atoms with van der Waals surface area (Å²) in [5.74, 6) is -0.190. The van der Waals surface area contributed by atoms with Crippen molar-refractivity contribution in [2.24, 2.45) is 0 Å². The van der Waals surface area contributed by atoms with E-state index in [0.29, 0.717) is 5.69 Å². The zero-order valence-corrected chi connectivity index (χ0v) is 14.7. The van der Waals surface area contributed by atoms with Crippen LogP contribution in [0, 0.1) is 13.8 Å². The normalized spacial score (nSPS) is 20.9. The number of hydrogen-bond acceptors (Lipinski definition) is 3. The zero-order valence-electron chi connectivity index (χ0n) is 14.7. The maximum absolute atomic E-state index is 13.0. The number of aryl methyl sites for hydroxylation is 2. The van der Waals surface area contributed by atoms with Gasteiger partial charge in [-0.15, -0.1) is 0 Å². The lowest BCUT2D eigenvalue weighted by atomic mass is 9.98. The van der Waals surface area contributed by atoms with E-state index < -0.39 is 0 Å². The van der Waals surface area contributed by atoms with Gasteiger partial charge in [0.1, 0.15) is 0 Å². The molecule has 4 rings (SSSR count). The van der Waals surface area contributed by atoms with Crippen LogP contribution < -0.4 is 4.90 Å². The van der Waals surface area contributed by atoms with E-state index in [-0.39, 0.29) is 24.3 Å². The maximum Gasteiger partial charge on any atom is 0.251 e. The Bertz CT molecular complexity index is 859. The van der Waals surface area contributed by atoms with Gasteiger partial charge >= 0.3 is 0 Å². The molecular formula is C21H22N2O2. The van der Waals surface area contributed by atoms with Crippen molar-refractivity contribution in [3.63, 3.8) is 0 Å². The van der Waals surface area contributed by atoms with Crippen LogP contribution in [0.4, 0.5) is 5.69 Å². The molecule has 25 heavy (non-hydrogen) atoms. The quantitative estimate of drug-likeness (QED) is 0.793. The van der Waals surface area contributed by atoms with Crippen LogP contribution in [0.3, 0.4) is 0 Å². The minimum Gasteiger partial charge on any atom is -0.287 e. The standard InChI is InChI=1S/C21H22N2O2/c1-14-7-8-18(11-15(14)2)23-20(24)12-19(21(23)25)22-10-9-16-5-3-4-6-17(16)13-22/h3-8,11,19H,9-10,12-13H2,1-2H3/t19-/m0/s1. The number of anilines is 1. The van der Waals surface area contributed by atoms with Gasteiger partial charge in [-0.2, -0.15) is 0 Å². The van der Waals surface area contributed by atoms with E-state index in [1.807, 2.05) is 38.1 Å². The Morgan fingerprint density at radius 1 is 0.960 bits per heavy atom. The van der Waals surface area contributed by atoms with Crippen molar-refractivity contribution >= 4 is 17.5 Å². The van der Waals surface area contributed by atoms with Gasteiger partial charge in [0.15, 0.2) is 0 Å². The highest BCUT2D eigenvalue weighted by Gasteiger charge is 2.43. The molecule has 0 spiro atoms. The number of carbonyl (C=O) groups is 2. The molecule has 0 N–H and O–H groups in total. The fourth-order valence-corrected chi connectivity index (χ4v) is 3.82. The van der Waals surface area contributed by atoms with E-state index in [4.69, 9.17) is 0 Å². The average Bonchev–Trinajstić information content (AvgIpc) is 2.91. The Morgan fingerprint density at radius 2 is 1.72 bits per heavy atom. The van der Waals surface area contributed by atoms with Gasteiger partial charge in [-0.3, -0.25) is 14.5 Å². The number of fused-ring (bicyclic) bond motifs is 1. The van der Waals surface area contributed by atoms with Gasteiger partial charge in [-0.25, -0.2) is 4.90 Å². The molecule has 128 valence electrons. The molecule has 0 bridgehead atoms. The van der Waals surface area contributed by atoms with E-state index in [9.17, 15) is 9.59 Å². The molecule has 0 aromatic heterocycles. The molecule has 1 fully saturated rings. The molecular weight excluding hydrogens is 312 g/mol. The summed E-state index contributed by atoms with van der Waals surface area (Å²) in [5.41, 5.74) is 5.55. The third-order valence-electron chi connectivity index (χ3n) is 5.47. The summed E-state index contributed by atoms with van der Waals surface area (Å²) >= 11 is 0. The number of carbonyl (C=O) groups excluding carboxylic acids is 2. The fourth-order valence-electron chi connectivity index (χ4n) is 3.82. The first-order chi connectivity index (χ1) is 12.0. The SMILES string of the molecule is Cc1ccc(N2C(=O)C[C@H](N3CCc4ccccc4C3)C2=O)cc1C. The van der Waals surface area contributed by atoms with Gasteiger partial charge in [0.25, 0.3) is 5.91 Å². The van der Waals surface area contributed by atoms with Crippen LogP contribution in [0.5, 0.6) is 0 Å². The molecule has 1 saturated heterocycles. The first-order valence-electron chi connectivity index (χ1n) is 8.79. The smallest absolute Gasteiger partial charge is 0.251 e. The Morgan fingerprint density at radius 3 is 2.48 bits per heavy atom. The number of nitrogens with zero attached hydrogens (tertiary/aromatic N) is 2. The van der Waals surface area contributed by atoms with Gasteiger partial charge in [0, 0.05) is 13.1 Å². The average molecular weight is 334 g/mol. The van der Waals surface area contributed by atoms with Crippen molar-refractivity contribution in [2.45, 2.75) is 39.3 Å². The predicted octanol–water partition coefficient (Wildman–Crippen LogP) is 2.99. The van der Waals surface area contributed by atoms with E-state index >= 15 is 0 Å². The topological polar surface area (TPSA) is 40.6 Å². The molecule has 0 radical (unpaired) electrons. The second-order valence-electron chi connectivity index (χ2n) is 7.05. The van der Waals surface area contributed by atoms with Gasteiger partial charge < -0.3 is 0 Å². The summed E-state index contributed by atoms with van der Waals surface area (Å²) in [7, 11) is 0. The molecule has 2 heterocycles. The number of benzene rings is 2. The molecule has 1 atom stereocenters. The van der Waals surface area contributed by atoms with E-state index in [0.717, 1.165) is 30.6 Å². The Labute approximate surface area is 148 Å². The molecule has 0 aliphatic carbocycles. The summed E-state index contributed by atoms with van der Waals surface area (Å²) < 4.78 is 0. The molecule has 0 unspecified atom stereocenters. The predicted molar refractivity (Wildman–Crippen MR) is 97.4 cm³/mol. The molecule has 2 aliphatic heterocycles.